The van der Waals surface area contributed by atoms with Crippen LogP contribution in [0.5, 0.6) is 11.5 Å². The molecule has 9 heteroatoms. The van der Waals surface area contributed by atoms with Crippen molar-refractivity contribution < 1.29 is 22.7 Å². The second-order valence-electron chi connectivity index (χ2n) is 8.24. The zero-order chi connectivity index (χ0) is 22.1. The predicted octanol–water partition coefficient (Wildman–Crippen LogP) is 1.74. The van der Waals surface area contributed by atoms with Gasteiger partial charge in [-0.2, -0.15) is 4.31 Å². The fourth-order valence-electron chi connectivity index (χ4n) is 4.47. The molecule has 0 spiro atoms. The lowest BCUT2D eigenvalue weighted by molar-refractivity contribution is -0.130. The van der Waals surface area contributed by atoms with Gasteiger partial charge in [-0.3, -0.25) is 4.79 Å². The molecule has 0 bridgehead atoms. The summed E-state index contributed by atoms with van der Waals surface area (Å²) in [6.45, 7) is 3.54. The Morgan fingerprint density at radius 3 is 2.47 bits per heavy atom. The van der Waals surface area contributed by atoms with Crippen LogP contribution in [0.15, 0.2) is 47.4 Å². The molecule has 0 radical (unpaired) electrons. The van der Waals surface area contributed by atoms with Gasteiger partial charge in [0.15, 0.2) is 11.5 Å². The van der Waals surface area contributed by atoms with Gasteiger partial charge in [0.2, 0.25) is 15.9 Å². The fraction of sp³-hybridized carbons (Fsp3) is 0.435. The maximum Gasteiger partial charge on any atom is 0.243 e. The Bertz CT molecular complexity index is 1110. The molecule has 1 amide bonds. The highest BCUT2D eigenvalue weighted by Crippen LogP contribution is 2.33. The molecular formula is C23H27N3O5S. The van der Waals surface area contributed by atoms with Crippen LogP contribution in [0.25, 0.3) is 0 Å². The molecule has 3 aliphatic rings. The summed E-state index contributed by atoms with van der Waals surface area (Å²) in [6, 6.07) is 12.9. The number of amides is 1. The summed E-state index contributed by atoms with van der Waals surface area (Å²) in [5, 5.41) is 0. The van der Waals surface area contributed by atoms with Gasteiger partial charge in [-0.25, -0.2) is 8.42 Å². The summed E-state index contributed by atoms with van der Waals surface area (Å²) in [5.41, 5.74) is 2.39. The quantitative estimate of drug-likeness (QED) is 0.696. The lowest BCUT2D eigenvalue weighted by Crippen LogP contribution is -2.52. The molecule has 1 saturated heterocycles. The van der Waals surface area contributed by atoms with Crippen LogP contribution < -0.4 is 14.4 Å². The van der Waals surface area contributed by atoms with E-state index in [0.717, 1.165) is 25.1 Å². The topological polar surface area (TPSA) is 79.4 Å². The van der Waals surface area contributed by atoms with Gasteiger partial charge in [0.25, 0.3) is 0 Å². The van der Waals surface area contributed by atoms with E-state index in [1.54, 1.807) is 23.1 Å². The zero-order valence-corrected chi connectivity index (χ0v) is 18.7. The van der Waals surface area contributed by atoms with Crippen molar-refractivity contribution in [2.45, 2.75) is 17.7 Å². The molecule has 3 aliphatic heterocycles. The van der Waals surface area contributed by atoms with Crippen molar-refractivity contribution in [1.29, 1.82) is 0 Å². The van der Waals surface area contributed by atoms with Crippen LogP contribution in [0.1, 0.15) is 12.0 Å². The number of hydrogen-bond acceptors (Lipinski definition) is 6. The largest absolute Gasteiger partial charge is 0.490 e. The Labute approximate surface area is 188 Å². The monoisotopic (exact) mass is 457 g/mol. The van der Waals surface area contributed by atoms with Gasteiger partial charge in [0.05, 0.1) is 24.7 Å². The smallest absolute Gasteiger partial charge is 0.243 e. The first-order valence-electron chi connectivity index (χ1n) is 11.0. The minimum absolute atomic E-state index is 0.0364. The maximum absolute atomic E-state index is 13.2. The van der Waals surface area contributed by atoms with E-state index in [1.165, 1.54) is 9.87 Å². The number of ether oxygens (including phenoxy) is 2. The first-order chi connectivity index (χ1) is 15.5. The van der Waals surface area contributed by atoms with E-state index in [-0.39, 0.29) is 23.9 Å². The third kappa shape index (κ3) is 4.02. The van der Waals surface area contributed by atoms with E-state index in [9.17, 15) is 13.2 Å². The number of piperazine rings is 1. The molecule has 0 N–H and O–H groups in total. The third-order valence-corrected chi connectivity index (χ3v) is 8.15. The Hall–Kier alpha value is -2.78. The van der Waals surface area contributed by atoms with Crippen LogP contribution in [-0.2, 0) is 21.2 Å². The Morgan fingerprint density at radius 2 is 1.66 bits per heavy atom. The molecule has 1 fully saturated rings. The van der Waals surface area contributed by atoms with Crippen LogP contribution in [0.2, 0.25) is 0 Å². The van der Waals surface area contributed by atoms with E-state index < -0.39 is 10.0 Å². The molecule has 0 atom stereocenters. The summed E-state index contributed by atoms with van der Waals surface area (Å²) in [4.78, 5) is 16.9. The Kier molecular flexibility index (Phi) is 5.69. The number of nitrogens with zero attached hydrogens (tertiary/aromatic N) is 3. The summed E-state index contributed by atoms with van der Waals surface area (Å²) in [5.74, 6) is 1.07. The van der Waals surface area contributed by atoms with Gasteiger partial charge >= 0.3 is 0 Å². The van der Waals surface area contributed by atoms with Gasteiger partial charge in [0, 0.05) is 50.9 Å². The van der Waals surface area contributed by atoms with Crippen LogP contribution in [-0.4, -0.2) is 76.0 Å². The van der Waals surface area contributed by atoms with Crippen molar-refractivity contribution in [1.82, 2.24) is 9.21 Å². The molecule has 0 aliphatic carbocycles. The summed E-state index contributed by atoms with van der Waals surface area (Å²) < 4.78 is 39.0. The maximum atomic E-state index is 13.2. The van der Waals surface area contributed by atoms with Gasteiger partial charge in [0.1, 0.15) is 0 Å². The van der Waals surface area contributed by atoms with E-state index in [1.807, 2.05) is 12.1 Å². The number of para-hydroxylation sites is 1. The standard InChI is InChI=1S/C23H27N3O5S/c27-23(17-25-9-8-18-4-1-2-5-20(18)25)24-10-12-26(13-11-24)32(28,29)19-6-7-21-22(16-19)31-15-3-14-30-21/h1-2,4-7,16H,3,8-15,17H2. The summed E-state index contributed by atoms with van der Waals surface area (Å²) >= 11 is 0. The summed E-state index contributed by atoms with van der Waals surface area (Å²) in [6.07, 6.45) is 1.71. The van der Waals surface area contributed by atoms with Crippen LogP contribution in [0.4, 0.5) is 5.69 Å². The zero-order valence-electron chi connectivity index (χ0n) is 17.9. The normalized spacial score (nSPS) is 18.9. The minimum Gasteiger partial charge on any atom is -0.490 e. The van der Waals surface area contributed by atoms with Crippen LogP contribution >= 0.6 is 0 Å². The van der Waals surface area contributed by atoms with Gasteiger partial charge in [-0.1, -0.05) is 18.2 Å². The highest BCUT2D eigenvalue weighted by Gasteiger charge is 2.32. The number of sulfonamides is 1. The number of fused-ring (bicyclic) bond motifs is 2. The molecule has 2 aromatic rings. The van der Waals surface area contributed by atoms with E-state index in [0.29, 0.717) is 44.3 Å². The number of benzene rings is 2. The molecule has 8 nitrogen and oxygen atoms in total. The van der Waals surface area contributed by atoms with Crippen molar-refractivity contribution in [2.24, 2.45) is 0 Å². The van der Waals surface area contributed by atoms with Crippen LogP contribution in [0.3, 0.4) is 0 Å². The minimum atomic E-state index is -3.67. The molecule has 3 heterocycles. The number of anilines is 1. The lowest BCUT2D eigenvalue weighted by atomic mass is 10.2. The van der Waals surface area contributed by atoms with E-state index >= 15 is 0 Å². The van der Waals surface area contributed by atoms with E-state index in [2.05, 4.69) is 17.0 Å². The highest BCUT2D eigenvalue weighted by atomic mass is 32.2. The lowest BCUT2D eigenvalue weighted by Gasteiger charge is -2.35. The number of carbonyl (C=O) groups excluding carboxylic acids is 1. The van der Waals surface area contributed by atoms with Crippen molar-refractivity contribution in [3.8, 4) is 11.5 Å². The second-order valence-corrected chi connectivity index (χ2v) is 10.2. The van der Waals surface area contributed by atoms with Crippen molar-refractivity contribution in [3.05, 3.63) is 48.0 Å². The van der Waals surface area contributed by atoms with Crippen molar-refractivity contribution in [2.75, 3.05) is 57.4 Å². The van der Waals surface area contributed by atoms with Gasteiger partial charge in [-0.15, -0.1) is 0 Å². The van der Waals surface area contributed by atoms with Crippen LogP contribution in [0, 0.1) is 0 Å². The SMILES string of the molecule is O=C(CN1CCc2ccccc21)N1CCN(S(=O)(=O)c2ccc3c(c2)OCCCO3)CC1. The summed E-state index contributed by atoms with van der Waals surface area (Å²) in [7, 11) is -3.67. The van der Waals surface area contributed by atoms with E-state index in [4.69, 9.17) is 9.47 Å². The van der Waals surface area contributed by atoms with Gasteiger partial charge in [-0.05, 0) is 30.2 Å². The van der Waals surface area contributed by atoms with Gasteiger partial charge < -0.3 is 19.3 Å². The first kappa shape index (κ1) is 21.1. The molecule has 0 saturated carbocycles. The third-order valence-electron chi connectivity index (χ3n) is 6.26. The Balaban J connectivity index is 1.22. The molecule has 0 aromatic heterocycles. The fourth-order valence-corrected chi connectivity index (χ4v) is 5.90. The molecule has 2 aromatic carbocycles. The highest BCUT2D eigenvalue weighted by molar-refractivity contribution is 7.89. The number of carbonyl (C=O) groups is 1. The Morgan fingerprint density at radius 1 is 0.906 bits per heavy atom. The molecule has 170 valence electrons. The molecule has 5 rings (SSSR count). The van der Waals surface area contributed by atoms with Crippen molar-refractivity contribution >= 4 is 21.6 Å². The first-order valence-corrected chi connectivity index (χ1v) is 12.5. The average molecular weight is 458 g/mol. The molecular weight excluding hydrogens is 430 g/mol. The number of rotatable bonds is 4. The van der Waals surface area contributed by atoms with Crippen molar-refractivity contribution in [3.63, 3.8) is 0 Å². The average Bonchev–Trinajstić information content (AvgIpc) is 3.06. The molecule has 32 heavy (non-hydrogen) atoms. The second kappa shape index (κ2) is 8.63. The number of hydrogen-bond donors (Lipinski definition) is 0. The molecule has 0 unspecified atom stereocenters. The predicted molar refractivity (Wildman–Crippen MR) is 120 cm³/mol.